The molecule has 3 N–H and O–H groups in total. The fraction of sp³-hybridized carbons (Fsp3) is 0.200. The highest BCUT2D eigenvalue weighted by atomic mass is 16.5. The van der Waals surface area contributed by atoms with Crippen LogP contribution in [0.5, 0.6) is 0 Å². The van der Waals surface area contributed by atoms with Gasteiger partial charge in [0.2, 0.25) is 0 Å². The number of pyridine rings is 1. The third-order valence-electron chi connectivity index (χ3n) is 2.82. The SMILES string of the molecule is CCOC(=O)c1ccc(Nc2cc(C)c(N)cn2)cc1. The third-order valence-corrected chi connectivity index (χ3v) is 2.82. The molecular weight excluding hydrogens is 254 g/mol. The summed E-state index contributed by atoms with van der Waals surface area (Å²) in [6, 6.07) is 8.91. The molecule has 5 nitrogen and oxygen atoms in total. The smallest absolute Gasteiger partial charge is 0.338 e. The van der Waals surface area contributed by atoms with Crippen LogP contribution < -0.4 is 11.1 Å². The second-order valence-electron chi connectivity index (χ2n) is 4.35. The van der Waals surface area contributed by atoms with Crippen molar-refractivity contribution in [2.45, 2.75) is 13.8 Å². The van der Waals surface area contributed by atoms with E-state index < -0.39 is 0 Å². The molecule has 104 valence electrons. The van der Waals surface area contributed by atoms with Gasteiger partial charge in [0.05, 0.1) is 24.1 Å². The van der Waals surface area contributed by atoms with Crippen LogP contribution >= 0.6 is 0 Å². The van der Waals surface area contributed by atoms with Gasteiger partial charge in [-0.3, -0.25) is 0 Å². The average molecular weight is 271 g/mol. The van der Waals surface area contributed by atoms with E-state index in [4.69, 9.17) is 10.5 Å². The summed E-state index contributed by atoms with van der Waals surface area (Å²) in [6.45, 7) is 4.07. The van der Waals surface area contributed by atoms with Crippen LogP contribution in [0, 0.1) is 6.92 Å². The number of hydrogen-bond acceptors (Lipinski definition) is 5. The normalized spacial score (nSPS) is 10.1. The number of carbonyl (C=O) groups excluding carboxylic acids is 1. The standard InChI is InChI=1S/C15H17N3O2/c1-3-20-15(19)11-4-6-12(7-5-11)18-14-8-10(2)13(16)9-17-14/h4-9H,3,16H2,1-2H3,(H,17,18). The van der Waals surface area contributed by atoms with Crippen molar-refractivity contribution in [3.63, 3.8) is 0 Å². The lowest BCUT2D eigenvalue weighted by Gasteiger charge is -2.08. The lowest BCUT2D eigenvalue weighted by molar-refractivity contribution is 0.0526. The highest BCUT2D eigenvalue weighted by Gasteiger charge is 2.06. The molecule has 20 heavy (non-hydrogen) atoms. The molecule has 1 heterocycles. The van der Waals surface area contributed by atoms with Crippen molar-refractivity contribution in [3.8, 4) is 0 Å². The van der Waals surface area contributed by atoms with Crippen LogP contribution in [0.15, 0.2) is 36.5 Å². The van der Waals surface area contributed by atoms with Gasteiger partial charge in [-0.25, -0.2) is 9.78 Å². The van der Waals surface area contributed by atoms with E-state index in [-0.39, 0.29) is 5.97 Å². The summed E-state index contributed by atoms with van der Waals surface area (Å²) >= 11 is 0. The Labute approximate surface area is 117 Å². The Morgan fingerprint density at radius 2 is 2.05 bits per heavy atom. The first kappa shape index (κ1) is 13.9. The van der Waals surface area contributed by atoms with Gasteiger partial charge in [0.15, 0.2) is 0 Å². The van der Waals surface area contributed by atoms with E-state index in [0.29, 0.717) is 23.7 Å². The molecule has 0 aliphatic carbocycles. The number of hydrogen-bond donors (Lipinski definition) is 2. The van der Waals surface area contributed by atoms with Crippen molar-refractivity contribution in [3.05, 3.63) is 47.7 Å². The summed E-state index contributed by atoms with van der Waals surface area (Å²) in [5, 5.41) is 3.15. The fourth-order valence-corrected chi connectivity index (χ4v) is 1.69. The number of esters is 1. The predicted molar refractivity (Wildman–Crippen MR) is 79.1 cm³/mol. The molecule has 0 saturated carbocycles. The molecule has 1 aromatic carbocycles. The molecule has 0 aliphatic rings. The maximum atomic E-state index is 11.5. The summed E-state index contributed by atoms with van der Waals surface area (Å²) in [5.41, 5.74) is 8.72. The average Bonchev–Trinajstić information content (AvgIpc) is 2.44. The molecule has 0 saturated heterocycles. The van der Waals surface area contributed by atoms with Crippen molar-refractivity contribution in [2.75, 3.05) is 17.7 Å². The molecule has 0 aliphatic heterocycles. The monoisotopic (exact) mass is 271 g/mol. The van der Waals surface area contributed by atoms with Gasteiger partial charge in [-0.05, 0) is 49.7 Å². The molecule has 0 radical (unpaired) electrons. The maximum absolute atomic E-state index is 11.5. The van der Waals surface area contributed by atoms with Gasteiger partial charge < -0.3 is 15.8 Å². The Balaban J connectivity index is 2.10. The van der Waals surface area contributed by atoms with Gasteiger partial charge in [-0.2, -0.15) is 0 Å². The Bertz CT molecular complexity index is 609. The van der Waals surface area contributed by atoms with Crippen LogP contribution in [0.1, 0.15) is 22.8 Å². The van der Waals surface area contributed by atoms with Gasteiger partial charge in [0.1, 0.15) is 5.82 Å². The van der Waals surface area contributed by atoms with E-state index in [9.17, 15) is 4.79 Å². The minimum Gasteiger partial charge on any atom is -0.462 e. The summed E-state index contributed by atoms with van der Waals surface area (Å²) in [7, 11) is 0. The summed E-state index contributed by atoms with van der Waals surface area (Å²) in [6.07, 6.45) is 1.62. The Hall–Kier alpha value is -2.56. The number of carbonyl (C=O) groups is 1. The van der Waals surface area contributed by atoms with Crippen LogP contribution in [0.2, 0.25) is 0 Å². The van der Waals surface area contributed by atoms with E-state index in [1.807, 2.05) is 13.0 Å². The topological polar surface area (TPSA) is 77.2 Å². The first-order valence-electron chi connectivity index (χ1n) is 6.36. The van der Waals surface area contributed by atoms with Crippen molar-refractivity contribution in [2.24, 2.45) is 0 Å². The zero-order valence-corrected chi connectivity index (χ0v) is 11.5. The Kier molecular flexibility index (Phi) is 4.20. The van der Waals surface area contributed by atoms with Gasteiger partial charge in [-0.15, -0.1) is 0 Å². The van der Waals surface area contributed by atoms with Crippen molar-refractivity contribution in [1.29, 1.82) is 0 Å². The number of nitrogens with zero attached hydrogens (tertiary/aromatic N) is 1. The molecule has 0 spiro atoms. The number of aromatic nitrogens is 1. The zero-order valence-electron chi connectivity index (χ0n) is 11.5. The maximum Gasteiger partial charge on any atom is 0.338 e. The van der Waals surface area contributed by atoms with Gasteiger partial charge in [-0.1, -0.05) is 0 Å². The van der Waals surface area contributed by atoms with Crippen LogP contribution in [-0.4, -0.2) is 17.6 Å². The number of nitrogens with two attached hydrogens (primary N) is 1. The summed E-state index contributed by atoms with van der Waals surface area (Å²) in [4.78, 5) is 15.7. The molecular formula is C15H17N3O2. The van der Waals surface area contributed by atoms with Crippen molar-refractivity contribution >= 4 is 23.2 Å². The highest BCUT2D eigenvalue weighted by molar-refractivity contribution is 5.89. The highest BCUT2D eigenvalue weighted by Crippen LogP contribution is 2.18. The number of aryl methyl sites for hydroxylation is 1. The van der Waals surface area contributed by atoms with E-state index in [0.717, 1.165) is 11.3 Å². The summed E-state index contributed by atoms with van der Waals surface area (Å²) < 4.78 is 4.93. The first-order valence-corrected chi connectivity index (χ1v) is 6.36. The fourth-order valence-electron chi connectivity index (χ4n) is 1.69. The Morgan fingerprint density at radius 1 is 1.35 bits per heavy atom. The van der Waals surface area contributed by atoms with E-state index in [1.54, 1.807) is 37.4 Å². The molecule has 0 atom stereocenters. The molecule has 2 aromatic rings. The van der Waals surface area contributed by atoms with E-state index in [1.165, 1.54) is 0 Å². The second-order valence-corrected chi connectivity index (χ2v) is 4.35. The summed E-state index contributed by atoms with van der Waals surface area (Å²) in [5.74, 6) is 0.390. The van der Waals surface area contributed by atoms with Gasteiger partial charge in [0, 0.05) is 5.69 Å². The predicted octanol–water partition coefficient (Wildman–Crippen LogP) is 2.89. The van der Waals surface area contributed by atoms with Crippen LogP contribution in [-0.2, 0) is 4.74 Å². The van der Waals surface area contributed by atoms with Gasteiger partial charge in [0.25, 0.3) is 0 Å². The minimum absolute atomic E-state index is 0.319. The second kappa shape index (κ2) is 6.06. The molecule has 5 heteroatoms. The minimum atomic E-state index is -0.319. The molecule has 0 fully saturated rings. The number of nitrogens with one attached hydrogen (secondary N) is 1. The van der Waals surface area contributed by atoms with E-state index >= 15 is 0 Å². The van der Waals surface area contributed by atoms with E-state index in [2.05, 4.69) is 10.3 Å². The first-order chi connectivity index (χ1) is 9.60. The molecule has 2 rings (SSSR count). The number of nitrogen functional groups attached to an aromatic ring is 1. The lowest BCUT2D eigenvalue weighted by atomic mass is 10.2. The van der Waals surface area contributed by atoms with Gasteiger partial charge >= 0.3 is 5.97 Å². The molecule has 1 aromatic heterocycles. The van der Waals surface area contributed by atoms with Crippen LogP contribution in [0.25, 0.3) is 0 Å². The zero-order chi connectivity index (χ0) is 14.5. The molecule has 0 unspecified atom stereocenters. The van der Waals surface area contributed by atoms with Crippen LogP contribution in [0.4, 0.5) is 17.2 Å². The number of benzene rings is 1. The Morgan fingerprint density at radius 3 is 2.65 bits per heavy atom. The molecule has 0 amide bonds. The molecule has 0 bridgehead atoms. The number of ether oxygens (including phenoxy) is 1. The third kappa shape index (κ3) is 3.26. The van der Waals surface area contributed by atoms with Crippen molar-refractivity contribution < 1.29 is 9.53 Å². The quantitative estimate of drug-likeness (QED) is 0.836. The number of anilines is 3. The van der Waals surface area contributed by atoms with Crippen LogP contribution in [0.3, 0.4) is 0 Å². The lowest BCUT2D eigenvalue weighted by Crippen LogP contribution is -2.04. The number of rotatable bonds is 4. The largest absolute Gasteiger partial charge is 0.462 e. The van der Waals surface area contributed by atoms with Crippen molar-refractivity contribution in [1.82, 2.24) is 4.98 Å².